The first-order chi connectivity index (χ1) is 50.3. The Kier molecular flexibility index (Phi) is 30.9. The summed E-state index contributed by atoms with van der Waals surface area (Å²) >= 11 is 2.16. The number of nitrogens with zero attached hydrogens (tertiary/aromatic N) is 7. The van der Waals surface area contributed by atoms with E-state index in [9.17, 15) is 9.59 Å². The van der Waals surface area contributed by atoms with Crippen LogP contribution in [0.15, 0.2) is 281 Å². The minimum Gasteiger partial charge on any atom is -0.489 e. The third-order valence-electron chi connectivity index (χ3n) is 17.2. The Bertz CT molecular complexity index is 4740. The zero-order valence-corrected chi connectivity index (χ0v) is 64.1. The molecule has 2 aliphatic heterocycles. The number of imidazole rings is 4. The number of ether oxygens (including phenoxy) is 3. The summed E-state index contributed by atoms with van der Waals surface area (Å²) in [7, 11) is -1.68. The van der Waals surface area contributed by atoms with Crippen molar-refractivity contribution in [3.63, 3.8) is 0 Å². The maximum absolute atomic E-state index is 11.8. The number of carbonyl (C=O) groups is 2. The molecule has 7 heterocycles. The van der Waals surface area contributed by atoms with Crippen molar-refractivity contribution in [2.75, 3.05) is 0 Å². The number of carbonyl (C=O) groups excluding carboxylic acids is 2. The largest absolute Gasteiger partial charge is 0.495 e. The number of nitrogens with one attached hydrogen (secondary N) is 3. The van der Waals surface area contributed by atoms with Gasteiger partial charge < -0.3 is 60.1 Å². The van der Waals surface area contributed by atoms with E-state index in [2.05, 4.69) is 159 Å². The number of imide groups is 1. The third-order valence-corrected chi connectivity index (χ3v) is 17.8. The van der Waals surface area contributed by atoms with Gasteiger partial charge in [-0.25, -0.2) is 24.9 Å². The molecule has 0 saturated carbocycles. The molecule has 0 spiro atoms. The summed E-state index contributed by atoms with van der Waals surface area (Å²) in [6, 6.07) is 75.1. The standard InChI is InChI=1S/C23H20N2O.C20H25BO3.C16H15N3O.C14H13N3O2.C6H7BO2.C3H3IN2.CH3.Pd/c1-18-14-21(26-16-19-8-4-2-5-9-19)12-13-22(18)23-15-25(17-24-23)20-10-6-3-7-11-20;1-15-13-17(22-14-16-9-7-6-8-10-16)11-12-18(15)21-23-19(2,3)20(4,5)24-21;1-12-14(15-9-17-11-18-15)7-8-16(19-12)20-10-13-5-3-2-4-6-13;18-13-7-6-11(14(19)16-13)12-8-17(9-15-12)10-4-2-1-3-5-10;8-7(9)6-4-2-1-3-5-6;4-3-1-5-2-6-3;;/h2-15,17H,16H2,1H3;6-13H,14H2,1-5H3;2-9,11H,10H2,1H3,(H,17,18);1-5,8-9,11H,6-7H2,(H,16,18,19);1-5,8-9H;1-2H,(H,5,6);1H3;/q;;;;;;-1;. The Hall–Kier alpha value is -10.3. The number of piperidine rings is 1. The molecular formula is C83H86B2IN10O9Pd-. The van der Waals surface area contributed by atoms with Gasteiger partial charge >= 0.3 is 14.2 Å². The zero-order valence-electron chi connectivity index (χ0n) is 60.4. The smallest absolute Gasteiger partial charge is 0.489 e. The summed E-state index contributed by atoms with van der Waals surface area (Å²) in [4.78, 5) is 50.0. The van der Waals surface area contributed by atoms with Gasteiger partial charge in [-0.15, -0.1) is 0 Å². The quantitative estimate of drug-likeness (QED) is 0.0262. The molecule has 0 radical (unpaired) electrons. The summed E-state index contributed by atoms with van der Waals surface area (Å²) in [5, 5.41) is 19.5. The molecule has 15 rings (SSSR count). The second kappa shape index (κ2) is 40.2. The van der Waals surface area contributed by atoms with Crippen LogP contribution in [0.5, 0.6) is 17.4 Å². The van der Waals surface area contributed by atoms with E-state index in [-0.39, 0.29) is 63.9 Å². The molecule has 19 nitrogen and oxygen atoms in total. The van der Waals surface area contributed by atoms with Gasteiger partial charge in [-0.05, 0) is 177 Å². The predicted molar refractivity (Wildman–Crippen MR) is 422 cm³/mol. The third kappa shape index (κ3) is 23.8. The number of rotatable bonds is 16. The molecule has 23 heteroatoms. The van der Waals surface area contributed by atoms with Gasteiger partial charge in [0.25, 0.3) is 0 Å². The van der Waals surface area contributed by atoms with Crippen LogP contribution in [0.3, 0.4) is 0 Å². The van der Waals surface area contributed by atoms with Crippen LogP contribution in [-0.4, -0.2) is 91.3 Å². The number of aromatic nitrogens is 9. The molecule has 0 bridgehead atoms. The van der Waals surface area contributed by atoms with Crippen molar-refractivity contribution in [1.82, 2.24) is 49.3 Å². The van der Waals surface area contributed by atoms with Crippen molar-refractivity contribution in [3.8, 4) is 51.3 Å². The maximum Gasteiger partial charge on any atom is 0.495 e. The molecular weight excluding hydrogens is 1540 g/mol. The molecule has 2 amide bonds. The zero-order chi connectivity index (χ0) is 73.3. The van der Waals surface area contributed by atoms with Crippen LogP contribution in [0.4, 0.5) is 0 Å². The summed E-state index contributed by atoms with van der Waals surface area (Å²) in [6.45, 7) is 16.1. The number of pyridine rings is 1. The summed E-state index contributed by atoms with van der Waals surface area (Å²) in [6.07, 6.45) is 15.2. The number of halogens is 1. The first-order valence-corrected chi connectivity index (χ1v) is 35.0. The number of aryl methyl sites for hydroxylation is 3. The van der Waals surface area contributed by atoms with E-state index < -0.39 is 7.12 Å². The van der Waals surface area contributed by atoms with Crippen LogP contribution in [-0.2, 0) is 59.1 Å². The van der Waals surface area contributed by atoms with Gasteiger partial charge in [0.1, 0.15) is 31.3 Å². The number of aromatic amines is 2. The number of hydrogen-bond acceptors (Lipinski definition) is 14. The van der Waals surface area contributed by atoms with E-state index in [1.165, 1.54) is 0 Å². The molecule has 2 saturated heterocycles. The summed E-state index contributed by atoms with van der Waals surface area (Å²) < 4.78 is 34.8. The van der Waals surface area contributed by atoms with Crippen LogP contribution >= 0.6 is 22.6 Å². The fourth-order valence-electron chi connectivity index (χ4n) is 10.8. The first kappa shape index (κ1) is 81.3. The van der Waals surface area contributed by atoms with Crippen LogP contribution in [0.2, 0.25) is 0 Å². The van der Waals surface area contributed by atoms with Gasteiger partial charge in [0.2, 0.25) is 17.7 Å². The van der Waals surface area contributed by atoms with Gasteiger partial charge in [0, 0.05) is 67.8 Å². The van der Waals surface area contributed by atoms with E-state index in [0.717, 1.165) is 88.1 Å². The predicted octanol–water partition coefficient (Wildman–Crippen LogP) is 14.9. The Morgan fingerprint density at radius 3 is 1.52 bits per heavy atom. The fraction of sp³-hybridized carbons (Fsp3) is 0.181. The molecule has 106 heavy (non-hydrogen) atoms. The summed E-state index contributed by atoms with van der Waals surface area (Å²) in [5.74, 6) is 1.57. The van der Waals surface area contributed by atoms with Crippen molar-refractivity contribution in [2.24, 2.45) is 0 Å². The normalized spacial score (nSPS) is 13.5. The van der Waals surface area contributed by atoms with Crippen molar-refractivity contribution < 1.29 is 63.6 Å². The SMILES string of the molecule is Cc1cc(OCc2ccccc2)ccc1-c1cn(-c2ccccc2)cn1.Cc1cc(OCc2ccccc2)ccc1B1OC(C)(C)C(C)(C)O1.Cc1nc(OCc2ccccc2)ccc1-c1cnc[nH]1.Ic1cnc[nH]1.O=C1CCC(c2cn(-c3ccccc3)cn2)C(=O)N1.OB(O)c1ccccc1.[CH3-].[Pd]. The molecule has 8 aromatic carbocycles. The molecule has 2 aliphatic rings. The second-order valence-electron chi connectivity index (χ2n) is 25.4. The minimum absolute atomic E-state index is 0. The van der Waals surface area contributed by atoms with E-state index >= 15 is 0 Å². The molecule has 546 valence electrons. The molecule has 1 atom stereocenters. The van der Waals surface area contributed by atoms with Gasteiger partial charge in [-0.3, -0.25) is 14.9 Å². The van der Waals surface area contributed by atoms with Crippen molar-refractivity contribution in [3.05, 3.63) is 331 Å². The molecule has 0 aliphatic carbocycles. The summed E-state index contributed by atoms with van der Waals surface area (Å²) in [5.41, 5.74) is 14.4. The number of amides is 2. The van der Waals surface area contributed by atoms with Crippen molar-refractivity contribution in [2.45, 2.75) is 98.2 Å². The van der Waals surface area contributed by atoms with Crippen LogP contribution in [0, 0.1) is 31.9 Å². The van der Waals surface area contributed by atoms with Crippen LogP contribution in [0.1, 0.15) is 85.7 Å². The topological polar surface area (TPSA) is 239 Å². The Morgan fingerprint density at radius 1 is 0.575 bits per heavy atom. The van der Waals surface area contributed by atoms with E-state index in [4.69, 9.17) is 33.6 Å². The van der Waals surface area contributed by atoms with Gasteiger partial charge in [-0.2, -0.15) is 0 Å². The Labute approximate surface area is 648 Å². The molecule has 1 unspecified atom stereocenters. The minimum atomic E-state index is -1.34. The van der Waals surface area contributed by atoms with Gasteiger partial charge in [-0.1, -0.05) is 164 Å². The van der Waals surface area contributed by atoms with Crippen molar-refractivity contribution in [1.29, 1.82) is 0 Å². The van der Waals surface area contributed by atoms with E-state index in [1.807, 2.05) is 186 Å². The van der Waals surface area contributed by atoms with Crippen LogP contribution in [0.25, 0.3) is 33.9 Å². The number of benzene rings is 8. The monoisotopic (exact) mass is 1620 g/mol. The van der Waals surface area contributed by atoms with Gasteiger partial charge in [0.15, 0.2) is 0 Å². The number of hydrogen-bond donors (Lipinski definition) is 5. The first-order valence-electron chi connectivity index (χ1n) is 34.0. The molecule has 5 N–H and O–H groups in total. The Balaban J connectivity index is 0.000000167. The number of H-pyrrole nitrogens is 2. The van der Waals surface area contributed by atoms with Crippen LogP contribution < -0.4 is 30.5 Å². The molecule has 13 aromatic rings. The molecule has 2 fully saturated rings. The molecule has 5 aromatic heterocycles. The number of para-hydroxylation sites is 2. The maximum atomic E-state index is 11.8. The Morgan fingerprint density at radius 2 is 1.06 bits per heavy atom. The fourth-order valence-corrected chi connectivity index (χ4v) is 11.1. The van der Waals surface area contributed by atoms with Crippen molar-refractivity contribution >= 4 is 59.6 Å². The van der Waals surface area contributed by atoms with Gasteiger partial charge in [0.05, 0.1) is 81.3 Å². The average Bonchev–Trinajstić information content (AvgIpc) is 1.62. The second-order valence-corrected chi connectivity index (χ2v) is 26.5. The van der Waals surface area contributed by atoms with E-state index in [0.29, 0.717) is 49.7 Å². The van der Waals surface area contributed by atoms with E-state index in [1.54, 1.807) is 55.6 Å². The average molecular weight is 1620 g/mol.